The Bertz CT molecular complexity index is 3460. The van der Waals surface area contributed by atoms with E-state index in [9.17, 15) is 64.3 Å². The Labute approximate surface area is 469 Å². The fraction of sp³-hybridized carbons (Fsp3) is 0.356. The van der Waals surface area contributed by atoms with Crippen LogP contribution in [0.25, 0.3) is 0 Å². The molecule has 2 unspecified atom stereocenters. The van der Waals surface area contributed by atoms with Crippen molar-refractivity contribution < 1.29 is 73.8 Å². The molecule has 82 heavy (non-hydrogen) atoms. The average molecular weight is 1150 g/mol. The number of ether oxygens (including phenoxy) is 2. The number of hydrogen-bond donors (Lipinski definition) is 0. The Morgan fingerprint density at radius 3 is 1.29 bits per heavy atom. The van der Waals surface area contributed by atoms with Gasteiger partial charge in [0.2, 0.25) is 0 Å². The van der Waals surface area contributed by atoms with Crippen molar-refractivity contribution in [1.82, 2.24) is 23.9 Å². The first-order valence-corrected chi connectivity index (χ1v) is 28.2. The largest absolute Gasteiger partial charge is 0.511 e. The monoisotopic (exact) mass is 1150 g/mol. The number of anilines is 1. The molecule has 2 atom stereocenters. The lowest BCUT2D eigenvalue weighted by Gasteiger charge is -2.36. The van der Waals surface area contributed by atoms with E-state index in [2.05, 4.69) is 21.9 Å². The number of carbonyl (C=O) groups is 8. The van der Waals surface area contributed by atoms with E-state index in [0.29, 0.717) is 16.6 Å². The van der Waals surface area contributed by atoms with Crippen molar-refractivity contribution in [3.8, 4) is 11.5 Å². The molecular weight excluding hydrogens is 1090 g/mol. The van der Waals surface area contributed by atoms with E-state index in [0.717, 1.165) is 64.9 Å². The van der Waals surface area contributed by atoms with Gasteiger partial charge in [0, 0.05) is 84.0 Å². The number of benzene rings is 5. The number of imide groups is 2. The molecule has 0 aromatic heterocycles. The number of piperazine rings is 2. The van der Waals surface area contributed by atoms with E-state index in [1.165, 1.54) is 23.8 Å². The molecule has 0 N–H and O–H groups in total. The number of halogens is 4. The van der Waals surface area contributed by atoms with Gasteiger partial charge in [-0.3, -0.25) is 58.0 Å². The molecule has 4 heterocycles. The summed E-state index contributed by atoms with van der Waals surface area (Å²) in [6, 6.07) is 29.6. The second kappa shape index (κ2) is 23.8. The van der Waals surface area contributed by atoms with Gasteiger partial charge in [-0.25, -0.2) is 12.8 Å². The van der Waals surface area contributed by atoms with Crippen LogP contribution in [0.3, 0.4) is 0 Å². The normalized spacial score (nSPS) is 20.3. The Kier molecular flexibility index (Phi) is 16.6. The van der Waals surface area contributed by atoms with Crippen LogP contribution in [-0.2, 0) is 55.5 Å². The molecule has 0 bridgehead atoms. The molecule has 4 fully saturated rings. The topological polar surface area (TPSA) is 209 Å². The lowest BCUT2D eigenvalue weighted by Crippen LogP contribution is -2.51. The first-order valence-electron chi connectivity index (χ1n) is 26.8. The van der Waals surface area contributed by atoms with Crippen LogP contribution in [0.1, 0.15) is 102 Å². The molecule has 2 saturated heterocycles. The Balaban J connectivity index is 0.000000184. The highest BCUT2D eigenvalue weighted by Gasteiger charge is 2.51. The summed E-state index contributed by atoms with van der Waals surface area (Å²) < 4.78 is 87.1. The summed E-state index contributed by atoms with van der Waals surface area (Å²) in [4.78, 5) is 109. The predicted octanol–water partition coefficient (Wildman–Crippen LogP) is 6.53. The number of amides is 4. The summed E-state index contributed by atoms with van der Waals surface area (Å²) in [6.45, 7) is 4.93. The van der Waals surface area contributed by atoms with Gasteiger partial charge in [0.15, 0.2) is 11.6 Å². The average Bonchev–Trinajstić information content (AvgIpc) is 4.05. The summed E-state index contributed by atoms with van der Waals surface area (Å²) in [5.41, 5.74) is 0.0314. The quantitative estimate of drug-likeness (QED) is 0.0658. The molecule has 18 nitrogen and oxygen atoms in total. The predicted molar refractivity (Wildman–Crippen MR) is 286 cm³/mol. The van der Waals surface area contributed by atoms with Crippen molar-refractivity contribution in [2.24, 2.45) is 0 Å². The Morgan fingerprint density at radius 2 is 0.890 bits per heavy atom. The van der Waals surface area contributed by atoms with Crippen LogP contribution < -0.4 is 14.4 Å². The van der Waals surface area contributed by atoms with Crippen molar-refractivity contribution in [2.45, 2.75) is 82.4 Å². The van der Waals surface area contributed by atoms with Gasteiger partial charge < -0.3 is 14.4 Å². The van der Waals surface area contributed by atoms with E-state index in [1.807, 2.05) is 41.3 Å². The summed E-state index contributed by atoms with van der Waals surface area (Å²) in [5.74, 6) is -3.26. The smallest absolute Gasteiger partial charge is 0.488 e. The molecule has 23 heteroatoms. The molecule has 5 aromatic rings. The van der Waals surface area contributed by atoms with Gasteiger partial charge in [0.25, 0.3) is 23.6 Å². The van der Waals surface area contributed by atoms with Gasteiger partial charge in [0.05, 0.1) is 47.2 Å². The third-order valence-electron chi connectivity index (χ3n) is 15.5. The highest BCUT2D eigenvalue weighted by molar-refractivity contribution is 7.90. The maximum absolute atomic E-state index is 13.3. The van der Waals surface area contributed by atoms with Crippen molar-refractivity contribution >= 4 is 62.5 Å². The summed E-state index contributed by atoms with van der Waals surface area (Å²) in [6.07, 6.45) is 0.0234. The SMILES string of the molecule is O=C1CCC(N2C(=O)c3cccc(OCc4ccc(CN5CCN(S(=O)(=O)C(F)(F)F)CC5)cc4)c3C2=O)C(=O)C1.O=C1CCC(N2C(=O)c3cccc(OCc4ccc(CN5CCN(c6ccc(F)cc6)CC5)cc4)c3C2=O)C(=O)C1. The standard InChI is InChI=1S/C32H30FN3O5.C27H26F3N3O7S/c33-23-8-10-24(11-9-23)35-16-14-34(15-17-35)19-21-4-6-22(7-5-21)20-41-29-3-1-2-26-30(29)32(40)36(31(26)39)27-13-12-25(37)18-28(27)38;28-27(29,30)41(38,39)32-12-10-31(11-13-32)15-17-4-6-18(7-5-17)16-40-23-3-1-2-20-24(23)26(37)33(25(20)36)21-9-8-19(34)14-22(21)35/h1-11,27H,12-20H2;1-7,21H,8-16H2. The van der Waals surface area contributed by atoms with Crippen molar-refractivity contribution in [2.75, 3.05) is 57.3 Å². The highest BCUT2D eigenvalue weighted by Crippen LogP contribution is 2.37. The molecule has 5 aromatic carbocycles. The second-order valence-corrected chi connectivity index (χ2v) is 22.8. The minimum Gasteiger partial charge on any atom is -0.488 e. The van der Waals surface area contributed by atoms with Gasteiger partial charge >= 0.3 is 15.5 Å². The van der Waals surface area contributed by atoms with Crippen LogP contribution in [0, 0.1) is 5.82 Å². The highest BCUT2D eigenvalue weighted by atomic mass is 32.2. The molecular formula is C59H56F4N6O12S. The number of nitrogens with zero attached hydrogens (tertiary/aromatic N) is 6. The molecule has 2 saturated carbocycles. The maximum Gasteiger partial charge on any atom is 0.511 e. The van der Waals surface area contributed by atoms with Crippen molar-refractivity contribution in [3.63, 3.8) is 0 Å². The van der Waals surface area contributed by atoms with Crippen LogP contribution in [0.5, 0.6) is 11.5 Å². The number of Topliss-reactive ketones (excluding diaryl/α,β-unsaturated/α-hetero) is 4. The van der Waals surface area contributed by atoms with E-state index >= 15 is 0 Å². The zero-order chi connectivity index (χ0) is 58.0. The number of carbonyl (C=O) groups excluding carboxylic acids is 8. The number of fused-ring (bicyclic) bond motifs is 2. The zero-order valence-electron chi connectivity index (χ0n) is 44.3. The zero-order valence-corrected chi connectivity index (χ0v) is 45.1. The van der Waals surface area contributed by atoms with Gasteiger partial charge in [-0.05, 0) is 83.6 Å². The van der Waals surface area contributed by atoms with Crippen LogP contribution in [0.4, 0.5) is 23.2 Å². The lowest BCUT2D eigenvalue weighted by atomic mass is 9.92. The molecule has 4 aliphatic heterocycles. The van der Waals surface area contributed by atoms with Gasteiger partial charge in [-0.15, -0.1) is 0 Å². The first kappa shape index (κ1) is 57.3. The van der Waals surface area contributed by atoms with E-state index in [1.54, 1.807) is 42.5 Å². The summed E-state index contributed by atoms with van der Waals surface area (Å²) in [7, 11) is -5.33. The van der Waals surface area contributed by atoms with Crippen molar-refractivity contribution in [3.05, 3.63) is 160 Å². The molecule has 0 spiro atoms. The van der Waals surface area contributed by atoms with Crippen LogP contribution in [-0.4, -0.2) is 149 Å². The third kappa shape index (κ3) is 12.1. The molecule has 6 aliphatic rings. The third-order valence-corrected chi connectivity index (χ3v) is 17.1. The second-order valence-electron chi connectivity index (χ2n) is 20.9. The number of alkyl halides is 3. The van der Waals surface area contributed by atoms with Crippen molar-refractivity contribution in [1.29, 1.82) is 0 Å². The van der Waals surface area contributed by atoms with Gasteiger partial charge in [-0.2, -0.15) is 17.5 Å². The summed E-state index contributed by atoms with van der Waals surface area (Å²) in [5, 5.41) is 0. The minimum atomic E-state index is -5.33. The maximum atomic E-state index is 13.3. The molecule has 4 amide bonds. The van der Waals surface area contributed by atoms with Gasteiger partial charge in [0.1, 0.15) is 42.1 Å². The van der Waals surface area contributed by atoms with Gasteiger partial charge in [-0.1, -0.05) is 60.7 Å². The fourth-order valence-corrected chi connectivity index (χ4v) is 12.0. The van der Waals surface area contributed by atoms with Crippen LogP contribution in [0.2, 0.25) is 0 Å². The lowest BCUT2D eigenvalue weighted by molar-refractivity contribution is -0.134. The number of hydrogen-bond acceptors (Lipinski definition) is 15. The van der Waals surface area contributed by atoms with Crippen LogP contribution >= 0.6 is 0 Å². The fourth-order valence-electron chi connectivity index (χ4n) is 11.0. The summed E-state index contributed by atoms with van der Waals surface area (Å²) >= 11 is 0. The minimum absolute atomic E-state index is 0.0725. The molecule has 2 aliphatic carbocycles. The Hall–Kier alpha value is -7.99. The number of rotatable bonds is 14. The number of ketones is 4. The molecule has 11 rings (SSSR count). The molecule has 0 radical (unpaired) electrons. The molecule has 428 valence electrons. The van der Waals surface area contributed by atoms with E-state index < -0.39 is 62.8 Å². The van der Waals surface area contributed by atoms with E-state index in [-0.39, 0.29) is 123 Å². The Morgan fingerprint density at radius 1 is 0.488 bits per heavy atom. The first-order chi connectivity index (χ1) is 39.2. The van der Waals surface area contributed by atoms with Crippen LogP contribution in [0.15, 0.2) is 109 Å². The number of sulfonamides is 1. The van der Waals surface area contributed by atoms with E-state index in [4.69, 9.17) is 9.47 Å².